The standard InChI is InChI=1S/C27H33N2O/c1-17(2)14-20-10-12-22-21-11-8-18(3)24(25(21)30-26(22)28-20)23-13-9-19(16-29(23)7)15-27(4,5)6/h8-13,16-17H,14-15H2,1-7H3/q+1. The summed E-state index contributed by atoms with van der Waals surface area (Å²) in [7, 11) is 2.13. The van der Waals surface area contributed by atoms with Crippen LogP contribution in [0.3, 0.4) is 0 Å². The van der Waals surface area contributed by atoms with Gasteiger partial charge in [0.1, 0.15) is 7.05 Å². The molecular formula is C27H33N2O+. The van der Waals surface area contributed by atoms with Gasteiger partial charge in [-0.2, -0.15) is 0 Å². The number of fused-ring (bicyclic) bond motifs is 3. The lowest BCUT2D eigenvalue weighted by Gasteiger charge is -2.17. The molecule has 0 atom stereocenters. The summed E-state index contributed by atoms with van der Waals surface area (Å²) in [6.07, 6.45) is 4.26. The Morgan fingerprint density at radius 3 is 2.40 bits per heavy atom. The lowest BCUT2D eigenvalue weighted by atomic mass is 9.88. The lowest BCUT2D eigenvalue weighted by molar-refractivity contribution is -0.660. The number of furan rings is 1. The van der Waals surface area contributed by atoms with E-state index in [1.807, 2.05) is 0 Å². The lowest BCUT2D eigenvalue weighted by Crippen LogP contribution is -2.32. The third kappa shape index (κ3) is 3.98. The number of hydrogen-bond donors (Lipinski definition) is 0. The van der Waals surface area contributed by atoms with Gasteiger partial charge >= 0.3 is 0 Å². The Kier molecular flexibility index (Phi) is 5.17. The molecule has 0 spiro atoms. The quantitative estimate of drug-likeness (QED) is 0.362. The molecule has 0 aliphatic heterocycles. The van der Waals surface area contributed by atoms with Crippen molar-refractivity contribution in [1.82, 2.24) is 4.98 Å². The van der Waals surface area contributed by atoms with Gasteiger partial charge in [-0.05, 0) is 54.9 Å². The zero-order valence-electron chi connectivity index (χ0n) is 19.3. The van der Waals surface area contributed by atoms with Gasteiger partial charge < -0.3 is 4.42 Å². The highest BCUT2D eigenvalue weighted by molar-refractivity contribution is 6.08. The van der Waals surface area contributed by atoms with E-state index in [1.165, 1.54) is 11.1 Å². The minimum absolute atomic E-state index is 0.266. The molecule has 0 radical (unpaired) electrons. The second-order valence-corrected chi connectivity index (χ2v) is 10.3. The number of aromatic nitrogens is 2. The van der Waals surface area contributed by atoms with Gasteiger partial charge in [0.2, 0.25) is 11.4 Å². The van der Waals surface area contributed by atoms with Crippen molar-refractivity contribution >= 4 is 22.1 Å². The monoisotopic (exact) mass is 401 g/mol. The van der Waals surface area contributed by atoms with Crippen LogP contribution in [0.5, 0.6) is 0 Å². The molecule has 0 saturated carbocycles. The van der Waals surface area contributed by atoms with E-state index >= 15 is 0 Å². The smallest absolute Gasteiger partial charge is 0.227 e. The normalized spacial score (nSPS) is 12.4. The van der Waals surface area contributed by atoms with E-state index in [-0.39, 0.29) is 5.41 Å². The summed E-state index contributed by atoms with van der Waals surface area (Å²) < 4.78 is 8.61. The van der Waals surface area contributed by atoms with Crippen LogP contribution in [0.4, 0.5) is 0 Å². The number of benzene rings is 1. The van der Waals surface area contributed by atoms with Gasteiger partial charge in [0, 0.05) is 28.1 Å². The van der Waals surface area contributed by atoms with Crippen LogP contribution in [0.15, 0.2) is 47.0 Å². The second-order valence-electron chi connectivity index (χ2n) is 10.3. The fraction of sp³-hybridized carbons (Fsp3) is 0.407. The fourth-order valence-electron chi connectivity index (χ4n) is 4.35. The van der Waals surface area contributed by atoms with Gasteiger partial charge in [0.05, 0.1) is 5.56 Å². The molecular weight excluding hydrogens is 368 g/mol. The van der Waals surface area contributed by atoms with Gasteiger partial charge in [0.15, 0.2) is 11.8 Å². The molecule has 0 N–H and O–H groups in total. The van der Waals surface area contributed by atoms with Crippen molar-refractivity contribution in [3.8, 4) is 11.3 Å². The minimum atomic E-state index is 0.266. The predicted octanol–water partition coefficient (Wildman–Crippen LogP) is 6.57. The summed E-state index contributed by atoms with van der Waals surface area (Å²) in [6, 6.07) is 13.1. The largest absolute Gasteiger partial charge is 0.437 e. The molecule has 0 unspecified atom stereocenters. The van der Waals surface area contributed by atoms with Crippen LogP contribution >= 0.6 is 0 Å². The number of nitrogens with zero attached hydrogens (tertiary/aromatic N) is 2. The molecule has 0 saturated heterocycles. The van der Waals surface area contributed by atoms with Crippen molar-refractivity contribution in [2.45, 2.75) is 54.4 Å². The molecule has 3 heteroatoms. The SMILES string of the molecule is Cc1ccc2c(oc3nc(CC(C)C)ccc32)c1-c1ccc(CC(C)(C)C)c[n+]1C. The molecule has 3 nitrogen and oxygen atoms in total. The zero-order chi connectivity index (χ0) is 21.6. The highest BCUT2D eigenvalue weighted by atomic mass is 16.3. The van der Waals surface area contributed by atoms with Gasteiger partial charge in [-0.15, -0.1) is 0 Å². The van der Waals surface area contributed by atoms with Crippen LogP contribution in [0.25, 0.3) is 33.3 Å². The zero-order valence-corrected chi connectivity index (χ0v) is 19.3. The van der Waals surface area contributed by atoms with Gasteiger partial charge in [-0.25, -0.2) is 9.55 Å². The van der Waals surface area contributed by atoms with E-state index in [4.69, 9.17) is 9.40 Å². The number of hydrogen-bond acceptors (Lipinski definition) is 2. The average molecular weight is 402 g/mol. The van der Waals surface area contributed by atoms with Gasteiger partial charge in [-0.1, -0.05) is 46.8 Å². The Morgan fingerprint density at radius 2 is 1.73 bits per heavy atom. The summed E-state index contributed by atoms with van der Waals surface area (Å²) >= 11 is 0. The van der Waals surface area contributed by atoms with Crippen LogP contribution < -0.4 is 4.57 Å². The molecule has 3 heterocycles. The Balaban J connectivity index is 1.87. The summed E-state index contributed by atoms with van der Waals surface area (Å²) in [5.74, 6) is 0.572. The Bertz CT molecular complexity index is 1230. The summed E-state index contributed by atoms with van der Waals surface area (Å²) in [5.41, 5.74) is 7.90. The average Bonchev–Trinajstić information content (AvgIpc) is 2.98. The van der Waals surface area contributed by atoms with E-state index in [2.05, 4.69) is 95.8 Å². The molecule has 4 rings (SSSR count). The van der Waals surface area contributed by atoms with E-state index in [1.54, 1.807) is 0 Å². The van der Waals surface area contributed by atoms with Crippen molar-refractivity contribution in [1.29, 1.82) is 0 Å². The van der Waals surface area contributed by atoms with Gasteiger partial charge in [0.25, 0.3) is 0 Å². The molecule has 3 aromatic heterocycles. The number of rotatable bonds is 4. The molecule has 4 aromatic rings. The third-order valence-corrected chi connectivity index (χ3v) is 5.58. The maximum absolute atomic E-state index is 6.38. The van der Waals surface area contributed by atoms with E-state index in [0.29, 0.717) is 5.92 Å². The maximum atomic E-state index is 6.38. The summed E-state index contributed by atoms with van der Waals surface area (Å²) in [4.78, 5) is 4.82. The van der Waals surface area contributed by atoms with Crippen LogP contribution in [-0.4, -0.2) is 4.98 Å². The molecule has 0 aliphatic carbocycles. The van der Waals surface area contributed by atoms with E-state index in [0.717, 1.165) is 51.9 Å². The maximum Gasteiger partial charge on any atom is 0.227 e. The summed E-state index contributed by atoms with van der Waals surface area (Å²) in [5, 5.41) is 2.22. The minimum Gasteiger partial charge on any atom is -0.437 e. The topological polar surface area (TPSA) is 29.9 Å². The van der Waals surface area contributed by atoms with Crippen molar-refractivity contribution < 1.29 is 8.98 Å². The van der Waals surface area contributed by atoms with Crippen LogP contribution in [0.1, 0.15) is 51.4 Å². The number of pyridine rings is 2. The first-order valence-electron chi connectivity index (χ1n) is 10.9. The second kappa shape index (κ2) is 7.54. The Hall–Kier alpha value is -2.68. The molecule has 0 amide bonds. The Morgan fingerprint density at radius 1 is 1.00 bits per heavy atom. The van der Waals surface area contributed by atoms with E-state index in [9.17, 15) is 0 Å². The van der Waals surface area contributed by atoms with Crippen molar-refractivity contribution in [3.63, 3.8) is 0 Å². The molecule has 1 aromatic carbocycles. The predicted molar refractivity (Wildman–Crippen MR) is 125 cm³/mol. The first kappa shape index (κ1) is 20.6. The van der Waals surface area contributed by atoms with E-state index < -0.39 is 0 Å². The molecule has 30 heavy (non-hydrogen) atoms. The van der Waals surface area contributed by atoms with Crippen molar-refractivity contribution in [2.75, 3.05) is 0 Å². The fourth-order valence-corrected chi connectivity index (χ4v) is 4.35. The number of aryl methyl sites for hydroxylation is 2. The summed E-state index contributed by atoms with van der Waals surface area (Å²) in [6.45, 7) is 13.4. The van der Waals surface area contributed by atoms with Crippen molar-refractivity contribution in [3.05, 3.63) is 59.4 Å². The van der Waals surface area contributed by atoms with Gasteiger partial charge in [-0.3, -0.25) is 0 Å². The molecule has 0 bridgehead atoms. The first-order valence-corrected chi connectivity index (χ1v) is 10.9. The highest BCUT2D eigenvalue weighted by Gasteiger charge is 2.22. The first-order chi connectivity index (χ1) is 14.1. The molecule has 156 valence electrons. The van der Waals surface area contributed by atoms with Crippen molar-refractivity contribution in [2.24, 2.45) is 18.4 Å². The third-order valence-electron chi connectivity index (χ3n) is 5.58. The molecule has 0 fully saturated rings. The van der Waals surface area contributed by atoms with Crippen LogP contribution in [0, 0.1) is 18.3 Å². The Labute approximate surface area is 179 Å². The van der Waals surface area contributed by atoms with Crippen LogP contribution in [-0.2, 0) is 19.9 Å². The van der Waals surface area contributed by atoms with Crippen LogP contribution in [0.2, 0.25) is 0 Å². The highest BCUT2D eigenvalue weighted by Crippen LogP contribution is 2.36. The molecule has 0 aliphatic rings.